The summed E-state index contributed by atoms with van der Waals surface area (Å²) in [4.78, 5) is 0. The average molecular weight is 365 g/mol. The van der Waals surface area contributed by atoms with Gasteiger partial charge < -0.3 is 18.4 Å². The van der Waals surface area contributed by atoms with E-state index in [-0.39, 0.29) is 24.1 Å². The van der Waals surface area contributed by atoms with Gasteiger partial charge in [-0.05, 0) is 59.1 Å². The van der Waals surface area contributed by atoms with Crippen LogP contribution in [-0.2, 0) is 22.9 Å². The van der Waals surface area contributed by atoms with Crippen molar-refractivity contribution < 1.29 is 22.9 Å². The minimum absolute atomic E-state index is 0.223. The molecule has 0 spiro atoms. The van der Waals surface area contributed by atoms with Crippen molar-refractivity contribution >= 4 is 25.5 Å². The molecular formula is C17H25BNO5P. The molecule has 1 heterocycles. The van der Waals surface area contributed by atoms with E-state index in [4.69, 9.17) is 18.4 Å². The SMILES string of the molecule is CCOP(=O)(OCC)c1ccc(B2OC(C)(C)C(C)(C)O2)cc1C#N. The van der Waals surface area contributed by atoms with Crippen molar-refractivity contribution in [3.63, 3.8) is 0 Å². The zero-order chi connectivity index (χ0) is 18.9. The van der Waals surface area contributed by atoms with Gasteiger partial charge in [-0.2, -0.15) is 5.26 Å². The Morgan fingerprint density at radius 2 is 1.64 bits per heavy atom. The molecule has 1 aliphatic rings. The molecule has 1 saturated heterocycles. The van der Waals surface area contributed by atoms with Crippen LogP contribution >= 0.6 is 7.60 Å². The summed E-state index contributed by atoms with van der Waals surface area (Å²) in [5, 5.41) is 9.79. The molecule has 0 radical (unpaired) electrons. The van der Waals surface area contributed by atoms with E-state index < -0.39 is 25.9 Å². The third-order valence-electron chi connectivity index (χ3n) is 4.56. The van der Waals surface area contributed by atoms with Gasteiger partial charge in [0, 0.05) is 0 Å². The Kier molecular flexibility index (Phi) is 5.83. The first-order valence-electron chi connectivity index (χ1n) is 8.39. The van der Waals surface area contributed by atoms with Crippen molar-refractivity contribution in [3.8, 4) is 6.07 Å². The molecule has 0 bridgehead atoms. The largest absolute Gasteiger partial charge is 0.494 e. The fourth-order valence-electron chi connectivity index (χ4n) is 2.52. The van der Waals surface area contributed by atoms with Crippen molar-refractivity contribution in [2.24, 2.45) is 0 Å². The summed E-state index contributed by atoms with van der Waals surface area (Å²) in [6, 6.07) is 7.05. The van der Waals surface area contributed by atoms with Crippen molar-refractivity contribution in [2.45, 2.75) is 52.7 Å². The number of hydrogen-bond donors (Lipinski definition) is 0. The normalized spacial score (nSPS) is 19.0. The molecule has 0 saturated carbocycles. The maximum atomic E-state index is 13.0. The number of hydrogen-bond acceptors (Lipinski definition) is 6. The van der Waals surface area contributed by atoms with Crippen LogP contribution in [0, 0.1) is 11.3 Å². The Bertz CT molecular complexity index is 702. The highest BCUT2D eigenvalue weighted by Gasteiger charge is 2.51. The highest BCUT2D eigenvalue weighted by atomic mass is 31.2. The molecule has 0 aliphatic carbocycles. The van der Waals surface area contributed by atoms with Gasteiger partial charge in [-0.25, -0.2) is 0 Å². The molecule has 1 fully saturated rings. The number of rotatable bonds is 6. The summed E-state index contributed by atoms with van der Waals surface area (Å²) in [7, 11) is -4.13. The van der Waals surface area contributed by atoms with E-state index in [1.165, 1.54) is 0 Å². The maximum Gasteiger partial charge on any atom is 0.494 e. The Morgan fingerprint density at radius 1 is 1.12 bits per heavy atom. The number of nitrogens with zero attached hydrogens (tertiary/aromatic N) is 1. The molecule has 1 aliphatic heterocycles. The Balaban J connectivity index is 2.41. The van der Waals surface area contributed by atoms with Crippen molar-refractivity contribution in [1.29, 1.82) is 5.26 Å². The Labute approximate surface area is 150 Å². The standard InChI is InChI=1S/C17H25BNO5P/c1-7-21-25(20,22-8-2)15-10-9-14(11-13(15)12-19)18-23-16(3,4)17(5,6)24-18/h9-11H,7-8H2,1-6H3. The van der Waals surface area contributed by atoms with Gasteiger partial charge in [0.2, 0.25) is 0 Å². The molecule has 0 unspecified atom stereocenters. The highest BCUT2D eigenvalue weighted by Crippen LogP contribution is 2.47. The minimum Gasteiger partial charge on any atom is -0.399 e. The van der Waals surface area contributed by atoms with E-state index in [0.717, 1.165) is 0 Å². The molecule has 0 N–H and O–H groups in total. The summed E-state index contributed by atoms with van der Waals surface area (Å²) in [6.07, 6.45) is 0. The fraction of sp³-hybridized carbons (Fsp3) is 0.588. The van der Waals surface area contributed by atoms with Gasteiger partial charge in [-0.1, -0.05) is 6.07 Å². The average Bonchev–Trinajstić information content (AvgIpc) is 2.75. The monoisotopic (exact) mass is 365 g/mol. The van der Waals surface area contributed by atoms with Crippen molar-refractivity contribution in [3.05, 3.63) is 23.8 Å². The Hall–Kier alpha value is -1.16. The zero-order valence-corrected chi connectivity index (χ0v) is 16.6. The van der Waals surface area contributed by atoms with Crippen LogP contribution in [0.15, 0.2) is 18.2 Å². The second-order valence-corrected chi connectivity index (χ2v) is 8.80. The van der Waals surface area contributed by atoms with Crippen LogP contribution in [0.4, 0.5) is 0 Å². The van der Waals surface area contributed by atoms with Crippen LogP contribution in [-0.4, -0.2) is 31.5 Å². The van der Waals surface area contributed by atoms with E-state index in [2.05, 4.69) is 6.07 Å². The molecule has 1 aromatic rings. The van der Waals surface area contributed by atoms with Crippen LogP contribution in [0.1, 0.15) is 47.1 Å². The highest BCUT2D eigenvalue weighted by molar-refractivity contribution is 7.62. The first kappa shape index (κ1) is 20.2. The van der Waals surface area contributed by atoms with Crippen LogP contribution in [0.3, 0.4) is 0 Å². The molecular weight excluding hydrogens is 340 g/mol. The van der Waals surface area contributed by atoms with E-state index in [0.29, 0.717) is 5.46 Å². The van der Waals surface area contributed by atoms with E-state index in [1.807, 2.05) is 27.7 Å². The molecule has 136 valence electrons. The molecule has 0 atom stereocenters. The van der Waals surface area contributed by atoms with Crippen molar-refractivity contribution in [1.82, 2.24) is 0 Å². The Morgan fingerprint density at radius 3 is 2.08 bits per heavy atom. The summed E-state index contributed by atoms with van der Waals surface area (Å²) in [6.45, 7) is 11.8. The summed E-state index contributed by atoms with van der Waals surface area (Å²) in [5.41, 5.74) is -0.0274. The van der Waals surface area contributed by atoms with Gasteiger partial charge in [0.1, 0.15) is 6.07 Å². The van der Waals surface area contributed by atoms with E-state index in [9.17, 15) is 9.83 Å². The van der Waals surface area contributed by atoms with E-state index >= 15 is 0 Å². The topological polar surface area (TPSA) is 77.8 Å². The van der Waals surface area contributed by atoms with Gasteiger partial charge in [0.05, 0.1) is 35.3 Å². The molecule has 0 amide bonds. The second kappa shape index (κ2) is 7.22. The fourth-order valence-corrected chi connectivity index (χ4v) is 4.22. The smallest absolute Gasteiger partial charge is 0.399 e. The zero-order valence-electron chi connectivity index (χ0n) is 15.7. The quantitative estimate of drug-likeness (QED) is 0.570. The third kappa shape index (κ3) is 3.84. The molecule has 6 nitrogen and oxygen atoms in total. The molecule has 2 rings (SSSR count). The molecule has 8 heteroatoms. The third-order valence-corrected chi connectivity index (χ3v) is 6.74. The summed E-state index contributed by atoms with van der Waals surface area (Å²) >= 11 is 0. The van der Waals surface area contributed by atoms with Gasteiger partial charge in [0.15, 0.2) is 0 Å². The predicted molar refractivity (Wildman–Crippen MR) is 97.4 cm³/mol. The first-order chi connectivity index (χ1) is 11.6. The molecule has 1 aromatic carbocycles. The number of nitriles is 1. The van der Waals surface area contributed by atoms with Crippen molar-refractivity contribution in [2.75, 3.05) is 13.2 Å². The van der Waals surface area contributed by atoms with Gasteiger partial charge in [-0.15, -0.1) is 0 Å². The van der Waals surface area contributed by atoms with E-state index in [1.54, 1.807) is 32.0 Å². The lowest BCUT2D eigenvalue weighted by atomic mass is 9.78. The van der Waals surface area contributed by atoms with Gasteiger partial charge >= 0.3 is 14.7 Å². The second-order valence-electron chi connectivity index (χ2n) is 6.81. The minimum atomic E-state index is -3.53. The summed E-state index contributed by atoms with van der Waals surface area (Å²) < 4.78 is 35.7. The first-order valence-corrected chi connectivity index (χ1v) is 9.94. The number of benzene rings is 1. The van der Waals surface area contributed by atoms with Crippen LogP contribution < -0.4 is 10.8 Å². The lowest BCUT2D eigenvalue weighted by Gasteiger charge is -2.32. The predicted octanol–water partition coefficient (Wildman–Crippen LogP) is 2.75. The molecule has 25 heavy (non-hydrogen) atoms. The van der Waals surface area contributed by atoms with Crippen LogP contribution in [0.2, 0.25) is 0 Å². The lowest BCUT2D eigenvalue weighted by molar-refractivity contribution is 0.00578. The molecule has 0 aromatic heterocycles. The van der Waals surface area contributed by atoms with Crippen LogP contribution in [0.25, 0.3) is 0 Å². The van der Waals surface area contributed by atoms with Gasteiger partial charge in [-0.3, -0.25) is 4.57 Å². The van der Waals surface area contributed by atoms with Gasteiger partial charge in [0.25, 0.3) is 0 Å². The summed E-state index contributed by atoms with van der Waals surface area (Å²) in [5.74, 6) is 0. The lowest BCUT2D eigenvalue weighted by Crippen LogP contribution is -2.41. The maximum absolute atomic E-state index is 13.0. The van der Waals surface area contributed by atoms with Crippen LogP contribution in [0.5, 0.6) is 0 Å².